The lowest BCUT2D eigenvalue weighted by molar-refractivity contribution is 0.0682. The van der Waals surface area contributed by atoms with Gasteiger partial charge < -0.3 is 14.8 Å². The van der Waals surface area contributed by atoms with Gasteiger partial charge in [0.15, 0.2) is 0 Å². The molecule has 2 N–H and O–H groups in total. The second-order valence-electron chi connectivity index (χ2n) is 4.83. The molecule has 2 rings (SSSR count). The van der Waals surface area contributed by atoms with Gasteiger partial charge in [-0.05, 0) is 12.0 Å². The molecule has 0 aliphatic rings. The van der Waals surface area contributed by atoms with E-state index >= 15 is 0 Å². The monoisotopic (exact) mass is 287 g/mol. The summed E-state index contributed by atoms with van der Waals surface area (Å²) in [4.78, 5) is 23.3. The predicted molar refractivity (Wildman–Crippen MR) is 78.8 cm³/mol. The average Bonchev–Trinajstić information content (AvgIpc) is 2.74. The van der Waals surface area contributed by atoms with Crippen LogP contribution in [0, 0.1) is 0 Å². The van der Waals surface area contributed by atoms with Crippen molar-refractivity contribution in [1.82, 2.24) is 4.57 Å². The first kappa shape index (κ1) is 14.8. The number of carbonyl (C=O) groups is 2. The van der Waals surface area contributed by atoms with E-state index in [-0.39, 0.29) is 16.8 Å². The van der Waals surface area contributed by atoms with E-state index < -0.39 is 11.9 Å². The highest BCUT2D eigenvalue weighted by atomic mass is 16.4. The molecule has 1 heterocycles. The van der Waals surface area contributed by atoms with Gasteiger partial charge in [0.05, 0.1) is 5.56 Å². The topological polar surface area (TPSA) is 79.5 Å². The van der Waals surface area contributed by atoms with E-state index in [2.05, 4.69) is 0 Å². The minimum Gasteiger partial charge on any atom is -0.478 e. The van der Waals surface area contributed by atoms with Crippen molar-refractivity contribution < 1.29 is 19.8 Å². The fourth-order valence-electron chi connectivity index (χ4n) is 2.63. The van der Waals surface area contributed by atoms with Gasteiger partial charge in [0.25, 0.3) is 0 Å². The van der Waals surface area contributed by atoms with Crippen molar-refractivity contribution in [3.05, 3.63) is 47.3 Å². The van der Waals surface area contributed by atoms with Gasteiger partial charge >= 0.3 is 11.9 Å². The lowest BCUT2D eigenvalue weighted by atomic mass is 9.99. The van der Waals surface area contributed by atoms with Gasteiger partial charge in [-0.15, -0.1) is 0 Å². The van der Waals surface area contributed by atoms with Crippen LogP contribution < -0.4 is 0 Å². The van der Waals surface area contributed by atoms with Crippen LogP contribution in [0.2, 0.25) is 0 Å². The summed E-state index contributed by atoms with van der Waals surface area (Å²) in [5, 5.41) is 19.0. The first-order chi connectivity index (χ1) is 9.99. The molecule has 1 aromatic heterocycles. The summed E-state index contributed by atoms with van der Waals surface area (Å²) in [5.74, 6) is -2.22. The molecule has 21 heavy (non-hydrogen) atoms. The highest BCUT2D eigenvalue weighted by Gasteiger charge is 2.29. The van der Waals surface area contributed by atoms with Crippen molar-refractivity contribution in [2.24, 2.45) is 7.05 Å². The SMILES string of the molecule is CCCc1c(C(=O)O)c(-c2ccccc2)c(C(=O)O)n1C. The molecule has 2 aromatic rings. The molecule has 0 aliphatic heterocycles. The normalized spacial score (nSPS) is 10.6. The van der Waals surface area contributed by atoms with Crippen molar-refractivity contribution >= 4 is 11.9 Å². The van der Waals surface area contributed by atoms with E-state index in [4.69, 9.17) is 0 Å². The quantitative estimate of drug-likeness (QED) is 0.885. The smallest absolute Gasteiger partial charge is 0.353 e. The van der Waals surface area contributed by atoms with Gasteiger partial charge in [0.1, 0.15) is 5.69 Å². The summed E-state index contributed by atoms with van der Waals surface area (Å²) >= 11 is 0. The van der Waals surface area contributed by atoms with Gasteiger partial charge in [-0.1, -0.05) is 43.7 Å². The Bertz CT molecular complexity index is 686. The third-order valence-corrected chi connectivity index (χ3v) is 3.48. The number of aromatic nitrogens is 1. The Morgan fingerprint density at radius 2 is 1.71 bits per heavy atom. The Balaban J connectivity index is 2.86. The van der Waals surface area contributed by atoms with Crippen LogP contribution in [0.25, 0.3) is 11.1 Å². The molecule has 0 aliphatic carbocycles. The van der Waals surface area contributed by atoms with E-state index in [9.17, 15) is 19.8 Å². The van der Waals surface area contributed by atoms with E-state index in [1.54, 1.807) is 37.4 Å². The maximum Gasteiger partial charge on any atom is 0.353 e. The average molecular weight is 287 g/mol. The molecule has 1 aromatic carbocycles. The Morgan fingerprint density at radius 1 is 1.10 bits per heavy atom. The number of aromatic carboxylic acids is 2. The zero-order chi connectivity index (χ0) is 15.6. The molecular formula is C16H17NO4. The molecule has 0 spiro atoms. The lowest BCUT2D eigenvalue weighted by Gasteiger charge is -2.04. The Morgan fingerprint density at radius 3 is 2.19 bits per heavy atom. The van der Waals surface area contributed by atoms with E-state index in [1.165, 1.54) is 4.57 Å². The van der Waals surface area contributed by atoms with Crippen LogP contribution >= 0.6 is 0 Å². The van der Waals surface area contributed by atoms with Crippen molar-refractivity contribution in [2.45, 2.75) is 19.8 Å². The van der Waals surface area contributed by atoms with Crippen LogP contribution in [0.15, 0.2) is 30.3 Å². The Hall–Kier alpha value is -2.56. The number of carboxylic acid groups (broad SMARTS) is 2. The third kappa shape index (κ3) is 2.54. The zero-order valence-electron chi connectivity index (χ0n) is 12.0. The number of nitrogens with zero attached hydrogens (tertiary/aromatic N) is 1. The Kier molecular flexibility index (Phi) is 4.12. The minimum absolute atomic E-state index is 0.0158. The molecule has 0 saturated carbocycles. The fourth-order valence-corrected chi connectivity index (χ4v) is 2.63. The van der Waals surface area contributed by atoms with E-state index in [0.29, 0.717) is 17.7 Å². The summed E-state index contributed by atoms with van der Waals surface area (Å²) in [5.41, 5.74) is 1.53. The Labute approximate surface area is 122 Å². The molecule has 0 radical (unpaired) electrons. The number of benzene rings is 1. The summed E-state index contributed by atoms with van der Waals surface area (Å²) < 4.78 is 1.48. The first-order valence-corrected chi connectivity index (χ1v) is 6.72. The number of hydrogen-bond donors (Lipinski definition) is 2. The summed E-state index contributed by atoms with van der Waals surface area (Å²) in [6, 6.07) is 8.78. The maximum absolute atomic E-state index is 11.7. The second kappa shape index (κ2) is 5.83. The molecule has 0 saturated heterocycles. The predicted octanol–water partition coefficient (Wildman–Crippen LogP) is 3.04. The van der Waals surface area contributed by atoms with E-state index in [1.807, 2.05) is 6.92 Å². The molecule has 0 amide bonds. The van der Waals surface area contributed by atoms with Crippen molar-refractivity contribution in [2.75, 3.05) is 0 Å². The highest BCUT2D eigenvalue weighted by molar-refractivity contribution is 6.05. The second-order valence-corrected chi connectivity index (χ2v) is 4.83. The van der Waals surface area contributed by atoms with Crippen LogP contribution in [0.3, 0.4) is 0 Å². The summed E-state index contributed by atoms with van der Waals surface area (Å²) in [6.07, 6.45) is 1.26. The van der Waals surface area contributed by atoms with Crippen molar-refractivity contribution in [1.29, 1.82) is 0 Å². The molecule has 0 unspecified atom stereocenters. The van der Waals surface area contributed by atoms with Gasteiger partial charge in [0.2, 0.25) is 0 Å². The third-order valence-electron chi connectivity index (χ3n) is 3.48. The minimum atomic E-state index is -1.12. The van der Waals surface area contributed by atoms with Crippen molar-refractivity contribution in [3.63, 3.8) is 0 Å². The maximum atomic E-state index is 11.7. The molecule has 5 heteroatoms. The van der Waals surface area contributed by atoms with Crippen LogP contribution in [0.5, 0.6) is 0 Å². The number of carboxylic acids is 2. The first-order valence-electron chi connectivity index (χ1n) is 6.72. The molecule has 0 bridgehead atoms. The van der Waals surface area contributed by atoms with Crippen LogP contribution in [0.4, 0.5) is 0 Å². The lowest BCUT2D eigenvalue weighted by Crippen LogP contribution is -2.08. The van der Waals surface area contributed by atoms with Gasteiger partial charge in [-0.25, -0.2) is 9.59 Å². The van der Waals surface area contributed by atoms with Gasteiger partial charge in [-0.2, -0.15) is 0 Å². The van der Waals surface area contributed by atoms with Crippen LogP contribution in [-0.4, -0.2) is 26.7 Å². The standard InChI is InChI=1S/C16H17NO4/c1-3-7-11-13(15(18)19)12(10-8-5-4-6-9-10)14(16(20)21)17(11)2/h4-6,8-9H,3,7H2,1-2H3,(H,18,19)(H,20,21). The van der Waals surface area contributed by atoms with Gasteiger partial charge in [-0.3, -0.25) is 0 Å². The summed E-state index contributed by atoms with van der Waals surface area (Å²) in [6.45, 7) is 1.93. The van der Waals surface area contributed by atoms with Crippen LogP contribution in [-0.2, 0) is 13.5 Å². The van der Waals surface area contributed by atoms with E-state index in [0.717, 1.165) is 6.42 Å². The van der Waals surface area contributed by atoms with Gasteiger partial charge in [0, 0.05) is 18.3 Å². The molecular weight excluding hydrogens is 270 g/mol. The van der Waals surface area contributed by atoms with Crippen molar-refractivity contribution in [3.8, 4) is 11.1 Å². The van der Waals surface area contributed by atoms with Crippen LogP contribution in [0.1, 0.15) is 39.9 Å². The number of rotatable bonds is 5. The molecule has 110 valence electrons. The molecule has 0 atom stereocenters. The molecule has 5 nitrogen and oxygen atoms in total. The molecule has 0 fully saturated rings. The largest absolute Gasteiger partial charge is 0.478 e. The zero-order valence-corrected chi connectivity index (χ0v) is 12.0. The number of hydrogen-bond acceptors (Lipinski definition) is 2. The fraction of sp³-hybridized carbons (Fsp3) is 0.250. The highest BCUT2D eigenvalue weighted by Crippen LogP contribution is 2.33. The summed E-state index contributed by atoms with van der Waals surface area (Å²) in [7, 11) is 1.60.